The normalized spacial score (nSPS) is 10.4. The lowest BCUT2D eigenvalue weighted by Crippen LogP contribution is -1.95. The Morgan fingerprint density at radius 3 is 2.65 bits per heavy atom. The molecule has 0 unspecified atom stereocenters. The fraction of sp³-hybridized carbons (Fsp3) is 0.0769. The highest BCUT2D eigenvalue weighted by molar-refractivity contribution is 9.10. The zero-order valence-corrected chi connectivity index (χ0v) is 12.5. The average molecular weight is 361 g/mol. The first-order chi connectivity index (χ1) is 9.38. The van der Waals surface area contributed by atoms with Crippen LogP contribution in [0.1, 0.15) is 5.56 Å². The minimum Gasteiger partial charge on any atom is -0.450 e. The van der Waals surface area contributed by atoms with Gasteiger partial charge < -0.3 is 4.74 Å². The van der Waals surface area contributed by atoms with Crippen LogP contribution in [0, 0.1) is 22.9 Å². The second kappa shape index (κ2) is 5.76. The summed E-state index contributed by atoms with van der Waals surface area (Å²) in [5.41, 5.74) is 0.422. The van der Waals surface area contributed by atoms with Crippen molar-refractivity contribution >= 4 is 33.2 Å². The lowest BCUT2D eigenvalue weighted by Gasteiger charge is -2.08. The molecule has 2 aromatic rings. The molecular formula is C13H8BrClFNO3. The summed E-state index contributed by atoms with van der Waals surface area (Å²) in [5.74, 6) is -0.572. The van der Waals surface area contributed by atoms with Crippen molar-refractivity contribution in [3.63, 3.8) is 0 Å². The minimum atomic E-state index is -0.863. The molecule has 104 valence electrons. The van der Waals surface area contributed by atoms with Gasteiger partial charge in [0.15, 0.2) is 0 Å². The zero-order valence-electron chi connectivity index (χ0n) is 10.2. The van der Waals surface area contributed by atoms with Gasteiger partial charge in [0.2, 0.25) is 5.75 Å². The number of benzene rings is 2. The highest BCUT2D eigenvalue weighted by Gasteiger charge is 2.20. The van der Waals surface area contributed by atoms with E-state index in [0.29, 0.717) is 5.75 Å². The van der Waals surface area contributed by atoms with Crippen molar-refractivity contribution in [1.29, 1.82) is 0 Å². The molecule has 0 aliphatic heterocycles. The average Bonchev–Trinajstić information content (AvgIpc) is 2.37. The monoisotopic (exact) mass is 359 g/mol. The van der Waals surface area contributed by atoms with E-state index < -0.39 is 16.4 Å². The summed E-state index contributed by atoms with van der Waals surface area (Å²) in [6.07, 6.45) is 0. The van der Waals surface area contributed by atoms with Crippen LogP contribution in [0.5, 0.6) is 11.5 Å². The maximum atomic E-state index is 13.3. The largest absolute Gasteiger partial charge is 0.450 e. The van der Waals surface area contributed by atoms with E-state index in [9.17, 15) is 14.5 Å². The molecule has 0 saturated carbocycles. The van der Waals surface area contributed by atoms with E-state index in [1.807, 2.05) is 6.92 Å². The van der Waals surface area contributed by atoms with Crippen LogP contribution in [0.15, 0.2) is 34.8 Å². The Hall–Kier alpha value is -1.66. The Balaban J connectivity index is 2.44. The van der Waals surface area contributed by atoms with Crippen LogP contribution in [-0.4, -0.2) is 4.92 Å². The first-order valence-electron chi connectivity index (χ1n) is 5.46. The predicted molar refractivity (Wildman–Crippen MR) is 77.0 cm³/mol. The van der Waals surface area contributed by atoms with Gasteiger partial charge in [-0.05, 0) is 30.7 Å². The van der Waals surface area contributed by atoms with Gasteiger partial charge in [-0.1, -0.05) is 27.5 Å². The highest BCUT2D eigenvalue weighted by Crippen LogP contribution is 2.36. The molecule has 2 rings (SSSR count). The number of nitrogens with zero attached hydrogens (tertiary/aromatic N) is 1. The van der Waals surface area contributed by atoms with Crippen molar-refractivity contribution in [3.05, 3.63) is 61.3 Å². The molecule has 0 heterocycles. The number of nitro groups is 1. The Bertz CT molecular complexity index is 694. The summed E-state index contributed by atoms with van der Waals surface area (Å²) in [5, 5.41) is 10.7. The number of ether oxygens (including phenoxy) is 1. The van der Waals surface area contributed by atoms with E-state index >= 15 is 0 Å². The quantitative estimate of drug-likeness (QED) is 0.555. The molecule has 2 aromatic carbocycles. The van der Waals surface area contributed by atoms with E-state index in [-0.39, 0.29) is 10.8 Å². The molecule has 0 bridgehead atoms. The Morgan fingerprint density at radius 1 is 1.35 bits per heavy atom. The fourth-order valence-electron chi connectivity index (χ4n) is 1.55. The van der Waals surface area contributed by atoms with Crippen molar-refractivity contribution in [2.75, 3.05) is 0 Å². The predicted octanol–water partition coefficient (Wildman–Crippen LogP) is 5.25. The molecule has 0 aliphatic carbocycles. The number of rotatable bonds is 3. The zero-order chi connectivity index (χ0) is 14.9. The van der Waals surface area contributed by atoms with E-state index in [2.05, 4.69) is 15.9 Å². The van der Waals surface area contributed by atoms with Crippen LogP contribution in [0.25, 0.3) is 0 Å². The van der Waals surface area contributed by atoms with Crippen LogP contribution in [0.3, 0.4) is 0 Å². The first-order valence-corrected chi connectivity index (χ1v) is 6.63. The maximum Gasteiger partial charge on any atom is 0.314 e. The van der Waals surface area contributed by atoms with Gasteiger partial charge in [-0.25, -0.2) is 4.39 Å². The van der Waals surface area contributed by atoms with Crippen molar-refractivity contribution < 1.29 is 14.1 Å². The summed E-state index contributed by atoms with van der Waals surface area (Å²) < 4.78 is 19.6. The molecule has 0 aromatic heterocycles. The lowest BCUT2D eigenvalue weighted by molar-refractivity contribution is -0.385. The van der Waals surface area contributed by atoms with E-state index in [1.54, 1.807) is 18.2 Å². The van der Waals surface area contributed by atoms with Crippen LogP contribution in [-0.2, 0) is 0 Å². The van der Waals surface area contributed by atoms with E-state index in [4.69, 9.17) is 16.3 Å². The summed E-state index contributed by atoms with van der Waals surface area (Å²) in [6, 6.07) is 6.92. The molecule has 0 atom stereocenters. The topological polar surface area (TPSA) is 52.4 Å². The lowest BCUT2D eigenvalue weighted by atomic mass is 10.2. The fourth-order valence-corrected chi connectivity index (χ4v) is 1.95. The minimum absolute atomic E-state index is 0.108. The smallest absolute Gasteiger partial charge is 0.314 e. The van der Waals surface area contributed by atoms with Crippen LogP contribution in [0.4, 0.5) is 10.1 Å². The molecule has 7 heteroatoms. The molecule has 0 radical (unpaired) electrons. The molecule has 0 amide bonds. The first kappa shape index (κ1) is 14.7. The van der Waals surface area contributed by atoms with Gasteiger partial charge in [0.25, 0.3) is 0 Å². The molecular weight excluding hydrogens is 353 g/mol. The van der Waals surface area contributed by atoms with Gasteiger partial charge >= 0.3 is 5.69 Å². The van der Waals surface area contributed by atoms with Crippen molar-refractivity contribution in [3.8, 4) is 11.5 Å². The van der Waals surface area contributed by atoms with E-state index in [1.165, 1.54) is 0 Å². The summed E-state index contributed by atoms with van der Waals surface area (Å²) >= 11 is 8.97. The van der Waals surface area contributed by atoms with Gasteiger partial charge in [-0.3, -0.25) is 10.1 Å². The van der Waals surface area contributed by atoms with Gasteiger partial charge in [-0.15, -0.1) is 0 Å². The number of nitro benzene ring substituents is 1. The molecule has 20 heavy (non-hydrogen) atoms. The molecule has 0 aliphatic rings. The molecule has 4 nitrogen and oxygen atoms in total. The third-order valence-corrected chi connectivity index (χ3v) is 3.74. The number of aryl methyl sites for hydroxylation is 1. The standard InChI is InChI=1S/C13H8BrClFNO3/c1-7-4-8(2-3-9(7)14)20-13-5-10(15)11(16)6-12(13)17(18)19/h2-6H,1H3. The van der Waals surface area contributed by atoms with E-state index in [0.717, 1.165) is 22.2 Å². The summed E-state index contributed by atoms with van der Waals surface area (Å²) in [7, 11) is 0. The molecule has 0 spiro atoms. The van der Waals surface area contributed by atoms with Crippen molar-refractivity contribution in [2.24, 2.45) is 0 Å². The molecule has 0 saturated heterocycles. The Kier molecular flexibility index (Phi) is 4.25. The van der Waals surface area contributed by atoms with Crippen LogP contribution >= 0.6 is 27.5 Å². The van der Waals surface area contributed by atoms with Crippen molar-refractivity contribution in [2.45, 2.75) is 6.92 Å². The number of hydrogen-bond donors (Lipinski definition) is 0. The number of hydrogen-bond acceptors (Lipinski definition) is 3. The molecule has 0 N–H and O–H groups in total. The Labute approximate surface area is 127 Å². The van der Waals surface area contributed by atoms with Crippen molar-refractivity contribution in [1.82, 2.24) is 0 Å². The second-order valence-electron chi connectivity index (χ2n) is 4.00. The maximum absolute atomic E-state index is 13.3. The third kappa shape index (κ3) is 3.08. The SMILES string of the molecule is Cc1cc(Oc2cc(Cl)c(F)cc2[N+](=O)[O-])ccc1Br. The van der Waals surface area contributed by atoms with Gasteiger partial charge in [0, 0.05) is 10.5 Å². The van der Waals surface area contributed by atoms with Gasteiger partial charge in [0.1, 0.15) is 11.6 Å². The Morgan fingerprint density at radius 2 is 2.05 bits per heavy atom. The summed E-state index contributed by atoms with van der Waals surface area (Å²) in [4.78, 5) is 10.2. The third-order valence-electron chi connectivity index (χ3n) is 2.56. The van der Waals surface area contributed by atoms with Gasteiger partial charge in [-0.2, -0.15) is 0 Å². The number of halogens is 3. The molecule has 0 fully saturated rings. The van der Waals surface area contributed by atoms with Gasteiger partial charge in [0.05, 0.1) is 16.0 Å². The second-order valence-corrected chi connectivity index (χ2v) is 5.27. The highest BCUT2D eigenvalue weighted by atomic mass is 79.9. The van der Waals surface area contributed by atoms with Crippen LogP contribution < -0.4 is 4.74 Å². The summed E-state index contributed by atoms with van der Waals surface area (Å²) in [6.45, 7) is 1.85. The van der Waals surface area contributed by atoms with Crippen LogP contribution in [0.2, 0.25) is 5.02 Å².